The second-order valence-electron chi connectivity index (χ2n) is 9.44. The van der Waals surface area contributed by atoms with Crippen LogP contribution in [0.5, 0.6) is 0 Å². The number of aromatic nitrogens is 6. The van der Waals surface area contributed by atoms with Gasteiger partial charge in [0.05, 0.1) is 22.6 Å². The van der Waals surface area contributed by atoms with E-state index < -0.39 is 43.2 Å². The molecule has 37 heavy (non-hydrogen) atoms. The summed E-state index contributed by atoms with van der Waals surface area (Å²) in [6, 6.07) is 0. The zero-order valence-corrected chi connectivity index (χ0v) is 19.7. The molecule has 3 aromatic rings. The van der Waals surface area contributed by atoms with Crippen LogP contribution < -0.4 is 11.1 Å². The zero-order chi connectivity index (χ0) is 29.3. The summed E-state index contributed by atoms with van der Waals surface area (Å²) in [5.74, 6) is -5.77. The molecule has 1 aliphatic carbocycles. The number of rotatable bonds is 8. The third-order valence-corrected chi connectivity index (χ3v) is 6.98. The van der Waals surface area contributed by atoms with E-state index >= 15 is 0 Å². The first kappa shape index (κ1) is 21.6. The van der Waals surface area contributed by atoms with Crippen molar-refractivity contribution in [1.82, 2.24) is 29.7 Å². The van der Waals surface area contributed by atoms with E-state index in [9.17, 15) is 26.7 Å². The molecule has 1 aliphatic heterocycles. The standard InChI is InChI=1S/C23H25F5N8O/c1-3-4-8-21(11-5-6-11)14-16(29)33-18(34-17(14)35-20(21)37)15-12-10-30-36(2)19(12)32-13(31-15)7-9-22(24,25)23(26,27)28/h10-11H,3-9H2,1-2H3,(H3,29,33,34,35,37)/i2D3. The summed E-state index contributed by atoms with van der Waals surface area (Å²) >= 11 is 0. The lowest BCUT2D eigenvalue weighted by Gasteiger charge is -2.27. The van der Waals surface area contributed by atoms with Crippen LogP contribution in [0.1, 0.15) is 60.9 Å². The van der Waals surface area contributed by atoms with Gasteiger partial charge in [-0.25, -0.2) is 19.9 Å². The molecule has 0 saturated heterocycles. The van der Waals surface area contributed by atoms with Gasteiger partial charge in [-0.1, -0.05) is 19.8 Å². The summed E-state index contributed by atoms with van der Waals surface area (Å²) in [6.07, 6.45) is -3.48. The first-order chi connectivity index (χ1) is 18.6. The predicted octanol–water partition coefficient (Wildman–Crippen LogP) is 4.32. The fourth-order valence-corrected chi connectivity index (χ4v) is 4.96. The molecule has 1 atom stereocenters. The Balaban J connectivity index is 1.64. The van der Waals surface area contributed by atoms with Gasteiger partial charge in [0.2, 0.25) is 5.91 Å². The lowest BCUT2D eigenvalue weighted by atomic mass is 9.73. The third-order valence-electron chi connectivity index (χ3n) is 6.98. The topological polar surface area (TPSA) is 124 Å². The van der Waals surface area contributed by atoms with Crippen molar-refractivity contribution in [2.24, 2.45) is 12.9 Å². The number of halogens is 5. The third kappa shape index (κ3) is 4.06. The molecule has 9 nitrogen and oxygen atoms in total. The number of unbranched alkanes of at least 4 members (excludes halogenated alkanes) is 1. The second kappa shape index (κ2) is 8.55. The molecule has 14 heteroatoms. The fraction of sp³-hybridized carbons (Fsp3) is 0.565. The Morgan fingerprint density at radius 3 is 2.62 bits per heavy atom. The Labute approximate surface area is 212 Å². The number of nitrogen functional groups attached to an aromatic ring is 1. The number of nitrogens with two attached hydrogens (primary N) is 1. The van der Waals surface area contributed by atoms with Crippen LogP contribution in [0.25, 0.3) is 22.6 Å². The van der Waals surface area contributed by atoms with Crippen molar-refractivity contribution < 1.29 is 30.9 Å². The van der Waals surface area contributed by atoms with Gasteiger partial charge in [-0.3, -0.25) is 9.48 Å². The molecule has 3 N–H and O–H groups in total. The van der Waals surface area contributed by atoms with Crippen molar-refractivity contribution in [1.29, 1.82) is 0 Å². The Bertz CT molecular complexity index is 1490. The van der Waals surface area contributed by atoms with Crippen LogP contribution in [0.4, 0.5) is 33.6 Å². The Morgan fingerprint density at radius 2 is 1.97 bits per heavy atom. The lowest BCUT2D eigenvalue weighted by molar-refractivity contribution is -0.284. The van der Waals surface area contributed by atoms with E-state index in [2.05, 4.69) is 30.4 Å². The second-order valence-corrected chi connectivity index (χ2v) is 9.44. The highest BCUT2D eigenvalue weighted by molar-refractivity contribution is 6.07. The first-order valence-corrected chi connectivity index (χ1v) is 11.8. The Kier molecular flexibility index (Phi) is 5.00. The monoisotopic (exact) mass is 527 g/mol. The summed E-state index contributed by atoms with van der Waals surface area (Å²) in [6.45, 7) is -0.852. The molecule has 0 bridgehead atoms. The Hall–Kier alpha value is -3.45. The van der Waals surface area contributed by atoms with Crippen molar-refractivity contribution in [2.45, 2.75) is 69.4 Å². The van der Waals surface area contributed by atoms with Crippen molar-refractivity contribution in [3.8, 4) is 11.5 Å². The van der Waals surface area contributed by atoms with Gasteiger partial charge in [0, 0.05) is 23.9 Å². The molecule has 0 aromatic carbocycles. The van der Waals surface area contributed by atoms with Gasteiger partial charge in [0.25, 0.3) is 0 Å². The molecule has 4 heterocycles. The van der Waals surface area contributed by atoms with Crippen molar-refractivity contribution in [3.63, 3.8) is 0 Å². The van der Waals surface area contributed by atoms with Gasteiger partial charge >= 0.3 is 12.1 Å². The highest BCUT2D eigenvalue weighted by Gasteiger charge is 2.58. The fourth-order valence-electron chi connectivity index (χ4n) is 4.96. The molecule has 1 amide bonds. The van der Waals surface area contributed by atoms with Gasteiger partial charge in [-0.05, 0) is 25.2 Å². The highest BCUT2D eigenvalue weighted by Crippen LogP contribution is 2.56. The van der Waals surface area contributed by atoms with E-state index in [0.717, 1.165) is 31.9 Å². The van der Waals surface area contributed by atoms with Crippen molar-refractivity contribution in [2.75, 3.05) is 11.1 Å². The van der Waals surface area contributed by atoms with E-state index in [1.807, 2.05) is 6.92 Å². The lowest BCUT2D eigenvalue weighted by Crippen LogP contribution is -2.37. The van der Waals surface area contributed by atoms with Gasteiger partial charge in [0.1, 0.15) is 23.2 Å². The van der Waals surface area contributed by atoms with E-state index in [1.54, 1.807) is 0 Å². The number of aryl methyl sites for hydroxylation is 2. The molecule has 0 radical (unpaired) electrons. The van der Waals surface area contributed by atoms with Gasteiger partial charge in [0.15, 0.2) is 11.5 Å². The summed E-state index contributed by atoms with van der Waals surface area (Å²) in [5, 5.41) is 6.58. The maximum atomic E-state index is 13.7. The molecule has 5 rings (SSSR count). The van der Waals surface area contributed by atoms with Crippen LogP contribution in [0.15, 0.2) is 6.20 Å². The average Bonchev–Trinajstić information content (AvgIpc) is 3.53. The minimum Gasteiger partial charge on any atom is -0.383 e. The van der Waals surface area contributed by atoms with Crippen LogP contribution in [0, 0.1) is 5.92 Å². The number of nitrogens with zero attached hydrogens (tertiary/aromatic N) is 6. The summed E-state index contributed by atoms with van der Waals surface area (Å²) in [7, 11) is 0. The molecule has 3 aromatic heterocycles. The van der Waals surface area contributed by atoms with E-state index in [4.69, 9.17) is 9.85 Å². The van der Waals surface area contributed by atoms with Crippen LogP contribution in [-0.2, 0) is 23.6 Å². The van der Waals surface area contributed by atoms with Crippen LogP contribution >= 0.6 is 0 Å². The number of hydrogen-bond donors (Lipinski definition) is 2. The minimum absolute atomic E-state index is 0.00516. The van der Waals surface area contributed by atoms with Crippen LogP contribution in [0.3, 0.4) is 0 Å². The SMILES string of the molecule is [2H]C([2H])([2H])n1ncc2c(-c3nc(N)c4c(n3)NC(=O)C4(CCCC)C3CC3)nc(CCC(F)(F)C(F)(F)F)nc21. The number of fused-ring (bicyclic) bond motifs is 2. The van der Waals surface area contributed by atoms with E-state index in [1.165, 1.54) is 0 Å². The largest absolute Gasteiger partial charge is 0.453 e. The number of hydrogen-bond acceptors (Lipinski definition) is 7. The molecule has 1 unspecified atom stereocenters. The van der Waals surface area contributed by atoms with Crippen LogP contribution in [-0.4, -0.2) is 47.7 Å². The quantitative estimate of drug-likeness (QED) is 0.418. The predicted molar refractivity (Wildman–Crippen MR) is 124 cm³/mol. The van der Waals surface area contributed by atoms with Gasteiger partial charge in [-0.15, -0.1) is 0 Å². The number of anilines is 2. The molecule has 198 valence electrons. The number of alkyl halides is 5. The Morgan fingerprint density at radius 1 is 1.22 bits per heavy atom. The normalized spacial score (nSPS) is 21.5. The number of carbonyl (C=O) groups excluding carboxylic acids is 1. The van der Waals surface area contributed by atoms with Crippen LogP contribution in [0.2, 0.25) is 0 Å². The van der Waals surface area contributed by atoms with Crippen molar-refractivity contribution in [3.05, 3.63) is 17.6 Å². The van der Waals surface area contributed by atoms with Gasteiger partial charge in [-0.2, -0.15) is 27.1 Å². The smallest absolute Gasteiger partial charge is 0.383 e. The highest BCUT2D eigenvalue weighted by atomic mass is 19.4. The first-order valence-electron chi connectivity index (χ1n) is 13.3. The molecule has 1 fully saturated rings. The van der Waals surface area contributed by atoms with Gasteiger partial charge < -0.3 is 11.1 Å². The summed E-state index contributed by atoms with van der Waals surface area (Å²) in [5.41, 5.74) is 5.44. The molecular weight excluding hydrogens is 499 g/mol. The van der Waals surface area contributed by atoms with E-state index in [0.29, 0.717) is 16.7 Å². The number of nitrogens with one attached hydrogen (secondary N) is 1. The maximum absolute atomic E-state index is 13.7. The average molecular weight is 528 g/mol. The molecule has 1 saturated carbocycles. The minimum atomic E-state index is -5.79. The maximum Gasteiger partial charge on any atom is 0.453 e. The van der Waals surface area contributed by atoms with E-state index in [-0.39, 0.29) is 46.0 Å². The van der Waals surface area contributed by atoms with Crippen molar-refractivity contribution >= 4 is 28.6 Å². The summed E-state index contributed by atoms with van der Waals surface area (Å²) in [4.78, 5) is 30.1. The molecular formula is C23H25F5N8O. The zero-order valence-electron chi connectivity index (χ0n) is 22.7. The summed E-state index contributed by atoms with van der Waals surface area (Å²) < 4.78 is 89.3. The molecule has 2 aliphatic rings. The number of carbonyl (C=O) groups is 1. The molecule has 0 spiro atoms. The number of amides is 1.